The van der Waals surface area contributed by atoms with E-state index < -0.39 is 0 Å². The number of aromatic nitrogens is 4. The Labute approximate surface area is 360 Å². The van der Waals surface area contributed by atoms with Crippen molar-refractivity contribution in [1.82, 2.24) is 17.5 Å². The van der Waals surface area contributed by atoms with E-state index in [1.165, 1.54) is 225 Å². The highest BCUT2D eigenvalue weighted by Crippen LogP contribution is 2.62. The normalized spacial score (nSPS) is 14.7. The van der Waals surface area contributed by atoms with Gasteiger partial charge < -0.3 is 0 Å². The van der Waals surface area contributed by atoms with E-state index in [-0.39, 0.29) is 10.8 Å². The van der Waals surface area contributed by atoms with E-state index in [1.54, 1.807) is 22.3 Å². The van der Waals surface area contributed by atoms with Crippen molar-refractivity contribution >= 4 is 45.5 Å². The lowest BCUT2D eigenvalue weighted by molar-refractivity contribution is 0.394. The highest BCUT2D eigenvalue weighted by Gasteiger charge is 2.49. The zero-order valence-corrected chi connectivity index (χ0v) is 38.5. The van der Waals surface area contributed by atoms with Crippen LogP contribution in [0.25, 0.3) is 44.3 Å². The number of benzene rings is 3. The minimum atomic E-state index is -0.00872. The maximum atomic E-state index is 5.10. The van der Waals surface area contributed by atoms with Crippen LogP contribution < -0.4 is 0 Å². The van der Waals surface area contributed by atoms with E-state index in [1.807, 2.05) is 0 Å². The summed E-state index contributed by atoms with van der Waals surface area (Å²) in [5.41, 5.74) is 16.4. The van der Waals surface area contributed by atoms with Crippen molar-refractivity contribution in [2.75, 3.05) is 0 Å². The van der Waals surface area contributed by atoms with Crippen LogP contribution in [0.15, 0.2) is 36.4 Å². The Bertz CT molecular complexity index is 1860. The van der Waals surface area contributed by atoms with Gasteiger partial charge in [-0.3, -0.25) is 0 Å². The van der Waals surface area contributed by atoms with Gasteiger partial charge in [0.2, 0.25) is 0 Å². The zero-order valence-electron chi connectivity index (χ0n) is 36.9. The van der Waals surface area contributed by atoms with Crippen LogP contribution in [0.1, 0.15) is 230 Å². The standard InChI is InChI=1S/C52H74N4S2/c1-5-9-13-17-21-25-33-51(34-26-22-18-14-10-6-2)41-29-31-45-49(55-57-53-45)47(41)39-38-44-40(37-43(39)51)48-42(30-32-46-50(48)56-58-54-46)52(44,35-27-23-19-15-11-7-3)36-28-24-20-16-12-8-4/h29-32,37-38H,5-28,33-36H2,1-4H3. The Morgan fingerprint density at radius 1 is 0.362 bits per heavy atom. The monoisotopic (exact) mass is 819 g/mol. The van der Waals surface area contributed by atoms with E-state index >= 15 is 0 Å². The summed E-state index contributed by atoms with van der Waals surface area (Å²) < 4.78 is 19.9. The van der Waals surface area contributed by atoms with E-state index in [2.05, 4.69) is 64.1 Å². The lowest BCUT2D eigenvalue weighted by atomic mass is 9.68. The molecule has 0 spiro atoms. The number of nitrogens with zero attached hydrogens (tertiary/aromatic N) is 4. The molecule has 4 nitrogen and oxygen atoms in total. The van der Waals surface area contributed by atoms with Gasteiger partial charge in [-0.25, -0.2) is 0 Å². The van der Waals surface area contributed by atoms with Gasteiger partial charge in [-0.1, -0.05) is 194 Å². The molecule has 0 amide bonds. The third kappa shape index (κ3) is 9.00. The maximum absolute atomic E-state index is 5.10. The molecule has 6 heteroatoms. The molecule has 3 aromatic carbocycles. The van der Waals surface area contributed by atoms with Crippen molar-refractivity contribution in [2.24, 2.45) is 0 Å². The quantitative estimate of drug-likeness (QED) is 0.0472. The number of hydrogen-bond acceptors (Lipinski definition) is 6. The van der Waals surface area contributed by atoms with E-state index in [9.17, 15) is 0 Å². The maximum Gasteiger partial charge on any atom is 0.112 e. The molecule has 2 aromatic heterocycles. The predicted octanol–water partition coefficient (Wildman–Crippen LogP) is 17.2. The molecule has 5 aromatic rings. The van der Waals surface area contributed by atoms with Crippen molar-refractivity contribution in [3.63, 3.8) is 0 Å². The molecule has 0 saturated heterocycles. The smallest absolute Gasteiger partial charge is 0.112 e. The van der Waals surface area contributed by atoms with Crippen LogP contribution in [0, 0.1) is 0 Å². The Balaban J connectivity index is 1.37. The number of hydrogen-bond donors (Lipinski definition) is 0. The first-order chi connectivity index (χ1) is 28.6. The minimum Gasteiger partial charge on any atom is -0.173 e. The lowest BCUT2D eigenvalue weighted by Crippen LogP contribution is -2.27. The van der Waals surface area contributed by atoms with Gasteiger partial charge in [0, 0.05) is 22.0 Å². The van der Waals surface area contributed by atoms with E-state index in [4.69, 9.17) is 17.5 Å². The topological polar surface area (TPSA) is 51.6 Å². The fourth-order valence-corrected chi connectivity index (χ4v) is 12.4. The predicted molar refractivity (Wildman–Crippen MR) is 253 cm³/mol. The molecule has 0 saturated carbocycles. The van der Waals surface area contributed by atoms with Crippen LogP contribution in [0.4, 0.5) is 0 Å². The molecule has 0 N–H and O–H groups in total. The van der Waals surface area contributed by atoms with E-state index in [0.29, 0.717) is 0 Å². The molecule has 2 aliphatic rings. The second-order valence-corrected chi connectivity index (χ2v) is 19.5. The average Bonchev–Trinajstić information content (AvgIpc) is 4.03. The molecule has 0 fully saturated rings. The molecule has 7 rings (SSSR count). The van der Waals surface area contributed by atoms with Crippen molar-refractivity contribution in [3.05, 3.63) is 58.7 Å². The third-order valence-corrected chi connectivity index (χ3v) is 15.5. The van der Waals surface area contributed by atoms with Crippen molar-refractivity contribution in [2.45, 2.75) is 218 Å². The molecule has 0 unspecified atom stereocenters. The average molecular weight is 819 g/mol. The van der Waals surface area contributed by atoms with Crippen molar-refractivity contribution in [1.29, 1.82) is 0 Å². The van der Waals surface area contributed by atoms with Crippen LogP contribution in [0.2, 0.25) is 0 Å². The summed E-state index contributed by atoms with van der Waals surface area (Å²) in [6.45, 7) is 9.33. The second-order valence-electron chi connectivity index (χ2n) is 18.4. The SMILES string of the molecule is CCCCCCCCC1(CCCCCCCC)c2cc3c(cc2-c2c1ccc1nsnc21)C(CCCCCCCC)(CCCCCCCC)c1ccc2nsnc2c1-3. The molecule has 0 bridgehead atoms. The lowest BCUT2D eigenvalue weighted by Gasteiger charge is -2.35. The second kappa shape index (κ2) is 21.2. The first kappa shape index (κ1) is 43.4. The Morgan fingerprint density at radius 3 is 1.00 bits per heavy atom. The summed E-state index contributed by atoms with van der Waals surface area (Å²) in [5.74, 6) is 0. The van der Waals surface area contributed by atoms with Gasteiger partial charge in [0.05, 0.1) is 23.5 Å². The molecule has 314 valence electrons. The molecule has 2 aliphatic carbocycles. The van der Waals surface area contributed by atoms with E-state index in [0.717, 1.165) is 22.1 Å². The molecular formula is C52H74N4S2. The largest absolute Gasteiger partial charge is 0.173 e. The molecule has 0 radical (unpaired) electrons. The summed E-state index contributed by atoms with van der Waals surface area (Å²) >= 11 is 2.79. The minimum absolute atomic E-state index is 0.00872. The molecule has 0 atom stereocenters. The van der Waals surface area contributed by atoms with Gasteiger partial charge in [-0.15, -0.1) is 0 Å². The molecule has 0 aliphatic heterocycles. The van der Waals surface area contributed by atoms with Crippen LogP contribution >= 0.6 is 23.5 Å². The van der Waals surface area contributed by atoms with Crippen LogP contribution in [0.5, 0.6) is 0 Å². The van der Waals surface area contributed by atoms with Gasteiger partial charge in [-0.2, -0.15) is 17.5 Å². The van der Waals surface area contributed by atoms with Gasteiger partial charge in [0.15, 0.2) is 0 Å². The first-order valence-corrected chi connectivity index (χ1v) is 25.8. The summed E-state index contributed by atoms with van der Waals surface area (Å²) in [4.78, 5) is 0. The Kier molecular flexibility index (Phi) is 15.9. The molecular weight excluding hydrogens is 745 g/mol. The van der Waals surface area contributed by atoms with Gasteiger partial charge in [0.1, 0.15) is 22.1 Å². The van der Waals surface area contributed by atoms with Crippen molar-refractivity contribution in [3.8, 4) is 22.3 Å². The van der Waals surface area contributed by atoms with Gasteiger partial charge in [-0.05, 0) is 83.3 Å². The number of fused-ring (bicyclic) bond motifs is 10. The fourth-order valence-electron chi connectivity index (χ4n) is 11.3. The molecule has 58 heavy (non-hydrogen) atoms. The van der Waals surface area contributed by atoms with Gasteiger partial charge in [0.25, 0.3) is 0 Å². The Hall–Kier alpha value is -2.70. The summed E-state index contributed by atoms with van der Waals surface area (Å²) in [7, 11) is 0. The fraction of sp³-hybridized carbons (Fsp3) is 0.654. The van der Waals surface area contributed by atoms with Crippen LogP contribution in [-0.4, -0.2) is 17.5 Å². The third-order valence-electron chi connectivity index (χ3n) is 14.4. The summed E-state index contributed by atoms with van der Waals surface area (Å²) in [6, 6.07) is 15.1. The first-order valence-electron chi connectivity index (χ1n) is 24.3. The van der Waals surface area contributed by atoms with Gasteiger partial charge >= 0.3 is 0 Å². The zero-order chi connectivity index (χ0) is 40.2. The Morgan fingerprint density at radius 2 is 0.672 bits per heavy atom. The highest BCUT2D eigenvalue weighted by molar-refractivity contribution is 7.00. The summed E-state index contributed by atoms with van der Waals surface area (Å²) in [6.07, 6.45) is 36.7. The highest BCUT2D eigenvalue weighted by atomic mass is 32.1. The van der Waals surface area contributed by atoms with Crippen LogP contribution in [-0.2, 0) is 10.8 Å². The molecule has 2 heterocycles. The summed E-state index contributed by atoms with van der Waals surface area (Å²) in [5, 5.41) is 0. The van der Waals surface area contributed by atoms with Crippen molar-refractivity contribution < 1.29 is 0 Å². The van der Waals surface area contributed by atoms with Crippen LogP contribution in [0.3, 0.4) is 0 Å². The number of unbranched alkanes of at least 4 members (excludes halogenated alkanes) is 20. The number of rotatable bonds is 28.